The van der Waals surface area contributed by atoms with Crippen LogP contribution in [0.1, 0.15) is 32.3 Å². The number of benzene rings is 1. The van der Waals surface area contributed by atoms with E-state index in [1.807, 2.05) is 19.9 Å². The Labute approximate surface area is 153 Å². The monoisotopic (exact) mass is 366 g/mol. The predicted octanol–water partition coefficient (Wildman–Crippen LogP) is 1.98. The van der Waals surface area contributed by atoms with E-state index >= 15 is 0 Å². The highest BCUT2D eigenvalue weighted by molar-refractivity contribution is 5.57. The van der Waals surface area contributed by atoms with E-state index in [0.29, 0.717) is 35.7 Å². The molecule has 3 saturated heterocycles. The van der Waals surface area contributed by atoms with Crippen LogP contribution >= 0.6 is 0 Å². The third-order valence-corrected chi connectivity index (χ3v) is 5.53. The Bertz CT molecular complexity index is 679. The first-order valence-corrected chi connectivity index (χ1v) is 8.85. The molecule has 3 fully saturated rings. The van der Waals surface area contributed by atoms with Crippen LogP contribution in [-0.2, 0) is 19.8 Å². The minimum Gasteiger partial charge on any atom is -0.493 e. The topological polar surface area (TPSA) is 75.6 Å². The second-order valence-corrected chi connectivity index (χ2v) is 7.60. The van der Waals surface area contributed by atoms with Gasteiger partial charge in [-0.15, -0.1) is 0 Å². The summed E-state index contributed by atoms with van der Waals surface area (Å²) in [6.45, 7) is 3.81. The molecule has 5 atom stereocenters. The van der Waals surface area contributed by atoms with Crippen LogP contribution in [0.5, 0.6) is 17.2 Å². The molecule has 1 aromatic carbocycles. The zero-order valence-electron chi connectivity index (χ0n) is 15.8. The van der Waals surface area contributed by atoms with Gasteiger partial charge in [0.05, 0.1) is 39.1 Å². The molecule has 7 heteroatoms. The summed E-state index contributed by atoms with van der Waals surface area (Å²) < 4.78 is 34.5. The van der Waals surface area contributed by atoms with Gasteiger partial charge >= 0.3 is 0 Å². The third-order valence-electron chi connectivity index (χ3n) is 5.53. The molecule has 0 aliphatic carbocycles. The van der Waals surface area contributed by atoms with Crippen molar-refractivity contribution in [2.24, 2.45) is 0 Å². The van der Waals surface area contributed by atoms with Gasteiger partial charge in [-0.25, -0.2) is 0 Å². The van der Waals surface area contributed by atoms with Gasteiger partial charge in [-0.2, -0.15) is 0 Å². The molecular formula is C19H26O7. The van der Waals surface area contributed by atoms with Crippen molar-refractivity contribution in [3.63, 3.8) is 0 Å². The Morgan fingerprint density at radius 3 is 2.00 bits per heavy atom. The Morgan fingerprint density at radius 1 is 0.923 bits per heavy atom. The predicted molar refractivity (Wildman–Crippen MR) is 91.7 cm³/mol. The molecule has 4 rings (SSSR count). The minimum absolute atomic E-state index is 0.171. The van der Waals surface area contributed by atoms with Gasteiger partial charge in [-0.3, -0.25) is 0 Å². The first-order chi connectivity index (χ1) is 12.3. The molecule has 26 heavy (non-hydrogen) atoms. The van der Waals surface area contributed by atoms with Gasteiger partial charge in [0.25, 0.3) is 0 Å². The molecule has 3 aliphatic rings. The zero-order valence-corrected chi connectivity index (χ0v) is 15.8. The average Bonchev–Trinajstić information content (AvgIpc) is 3.05. The van der Waals surface area contributed by atoms with Crippen LogP contribution < -0.4 is 14.2 Å². The number of fused-ring (bicyclic) bond motifs is 5. The van der Waals surface area contributed by atoms with Crippen LogP contribution in [0, 0.1) is 0 Å². The normalized spacial score (nSPS) is 37.3. The first-order valence-electron chi connectivity index (χ1n) is 8.85. The summed E-state index contributed by atoms with van der Waals surface area (Å²) in [5.74, 6) is 0.875. The summed E-state index contributed by atoms with van der Waals surface area (Å²) in [6, 6.07) is 3.61. The highest BCUT2D eigenvalue weighted by Crippen LogP contribution is 2.53. The summed E-state index contributed by atoms with van der Waals surface area (Å²) in [4.78, 5) is 0. The van der Waals surface area contributed by atoms with Crippen molar-refractivity contribution in [2.75, 3.05) is 21.3 Å². The van der Waals surface area contributed by atoms with Crippen molar-refractivity contribution in [3.8, 4) is 17.2 Å². The molecule has 0 saturated carbocycles. The lowest BCUT2D eigenvalue weighted by molar-refractivity contribution is -0.215. The van der Waals surface area contributed by atoms with E-state index in [-0.39, 0.29) is 24.4 Å². The van der Waals surface area contributed by atoms with Gasteiger partial charge < -0.3 is 33.5 Å². The molecular weight excluding hydrogens is 340 g/mol. The molecule has 144 valence electrons. The molecule has 2 bridgehead atoms. The first kappa shape index (κ1) is 17.9. The van der Waals surface area contributed by atoms with Gasteiger partial charge in [-0.1, -0.05) is 0 Å². The molecule has 0 aromatic heterocycles. The summed E-state index contributed by atoms with van der Waals surface area (Å²) in [6.07, 6.45) is -0.0108. The highest BCUT2D eigenvalue weighted by Gasteiger charge is 2.61. The van der Waals surface area contributed by atoms with Gasteiger partial charge in [0.15, 0.2) is 17.3 Å². The molecule has 0 spiro atoms. The van der Waals surface area contributed by atoms with Gasteiger partial charge in [0, 0.05) is 18.4 Å². The largest absolute Gasteiger partial charge is 0.493 e. The van der Waals surface area contributed by atoms with Crippen molar-refractivity contribution in [3.05, 3.63) is 17.7 Å². The molecule has 1 N–H and O–H groups in total. The van der Waals surface area contributed by atoms with Crippen molar-refractivity contribution in [2.45, 2.75) is 62.5 Å². The third kappa shape index (κ3) is 2.57. The van der Waals surface area contributed by atoms with Gasteiger partial charge in [-0.05, 0) is 26.0 Å². The summed E-state index contributed by atoms with van der Waals surface area (Å²) >= 11 is 0. The standard InChI is InChI=1S/C19H26O7/c1-18(2)25-16-12-8-19(20,9-13(24-12)17(16)26-18)10-6-7-11(21-3)15(23-5)14(10)22-4/h6-7,12-13,16-17,20H,8-9H2,1-5H3/t12-,13+,16-,17+,19?. The number of hydrogen-bond donors (Lipinski definition) is 1. The van der Waals surface area contributed by atoms with E-state index in [4.69, 9.17) is 28.4 Å². The van der Waals surface area contributed by atoms with Crippen LogP contribution in [0.3, 0.4) is 0 Å². The Hall–Kier alpha value is -1.54. The lowest BCUT2D eigenvalue weighted by atomic mass is 9.82. The maximum absolute atomic E-state index is 11.5. The molecule has 0 amide bonds. The molecule has 3 aliphatic heterocycles. The maximum Gasteiger partial charge on any atom is 0.203 e. The van der Waals surface area contributed by atoms with Crippen molar-refractivity contribution < 1.29 is 33.5 Å². The van der Waals surface area contributed by atoms with E-state index in [1.165, 1.54) is 0 Å². The lowest BCUT2D eigenvalue weighted by Gasteiger charge is -2.39. The summed E-state index contributed by atoms with van der Waals surface area (Å²) in [5.41, 5.74) is -0.463. The minimum atomic E-state index is -1.13. The highest BCUT2D eigenvalue weighted by atomic mass is 16.8. The lowest BCUT2D eigenvalue weighted by Crippen LogP contribution is -2.43. The van der Waals surface area contributed by atoms with Gasteiger partial charge in [0.1, 0.15) is 12.2 Å². The molecule has 7 nitrogen and oxygen atoms in total. The van der Waals surface area contributed by atoms with E-state index < -0.39 is 11.4 Å². The SMILES string of the molecule is COc1ccc(C2(O)C[C@@H]3O[C@H](C2)[C@H]2OC(C)(C)O[C@H]23)c(OC)c1OC. The van der Waals surface area contributed by atoms with Crippen LogP contribution in [0.25, 0.3) is 0 Å². The summed E-state index contributed by atoms with van der Waals surface area (Å²) in [5, 5.41) is 11.5. The number of aliphatic hydroxyl groups is 1. The van der Waals surface area contributed by atoms with Crippen molar-refractivity contribution >= 4 is 0 Å². The van der Waals surface area contributed by atoms with Crippen LogP contribution in [0.15, 0.2) is 12.1 Å². The maximum atomic E-state index is 11.5. The summed E-state index contributed by atoms with van der Waals surface area (Å²) in [7, 11) is 4.68. The second kappa shape index (κ2) is 5.99. The van der Waals surface area contributed by atoms with Crippen LogP contribution in [0.4, 0.5) is 0 Å². The number of rotatable bonds is 4. The van der Waals surface area contributed by atoms with Crippen molar-refractivity contribution in [1.82, 2.24) is 0 Å². The van der Waals surface area contributed by atoms with E-state index in [9.17, 15) is 5.11 Å². The second-order valence-electron chi connectivity index (χ2n) is 7.60. The Morgan fingerprint density at radius 2 is 1.50 bits per heavy atom. The van der Waals surface area contributed by atoms with Gasteiger partial charge in [0.2, 0.25) is 5.75 Å². The Kier molecular flexibility index (Phi) is 4.11. The number of ether oxygens (including phenoxy) is 6. The zero-order chi connectivity index (χ0) is 18.7. The van der Waals surface area contributed by atoms with Crippen LogP contribution in [-0.4, -0.2) is 56.6 Å². The smallest absolute Gasteiger partial charge is 0.203 e. The molecule has 3 heterocycles. The molecule has 0 radical (unpaired) electrons. The average molecular weight is 366 g/mol. The quantitative estimate of drug-likeness (QED) is 0.873. The number of hydrogen-bond acceptors (Lipinski definition) is 7. The van der Waals surface area contributed by atoms with E-state index in [2.05, 4.69) is 0 Å². The fraction of sp³-hybridized carbons (Fsp3) is 0.684. The number of methoxy groups -OCH3 is 3. The molecule has 1 unspecified atom stereocenters. The fourth-order valence-corrected chi connectivity index (χ4v) is 4.54. The van der Waals surface area contributed by atoms with Crippen molar-refractivity contribution in [1.29, 1.82) is 0 Å². The molecule has 1 aromatic rings. The Balaban J connectivity index is 1.70. The van der Waals surface area contributed by atoms with Crippen LogP contribution in [0.2, 0.25) is 0 Å². The van der Waals surface area contributed by atoms with E-state index in [1.54, 1.807) is 27.4 Å². The fourth-order valence-electron chi connectivity index (χ4n) is 4.54. The van der Waals surface area contributed by atoms with E-state index in [0.717, 1.165) is 0 Å².